The molecule has 0 aliphatic heterocycles. The summed E-state index contributed by atoms with van der Waals surface area (Å²) in [6.45, 7) is 1.74. The summed E-state index contributed by atoms with van der Waals surface area (Å²) in [5.41, 5.74) is 5.99. The van der Waals surface area contributed by atoms with Crippen molar-refractivity contribution in [3.63, 3.8) is 0 Å². The number of ether oxygens (including phenoxy) is 2. The highest BCUT2D eigenvalue weighted by molar-refractivity contribution is 6.30. The molecule has 0 aliphatic carbocycles. The van der Waals surface area contributed by atoms with Crippen molar-refractivity contribution in [2.24, 2.45) is 5.73 Å². The van der Waals surface area contributed by atoms with Crippen LogP contribution in [0, 0.1) is 0 Å². The molecule has 134 valence electrons. The van der Waals surface area contributed by atoms with Gasteiger partial charge in [-0.25, -0.2) is 4.79 Å². The third-order valence-corrected chi connectivity index (χ3v) is 3.70. The molecule has 3 N–H and O–H groups in total. The van der Waals surface area contributed by atoms with Crippen LogP contribution < -0.4 is 11.1 Å². The molecule has 1 aromatic carbocycles. The van der Waals surface area contributed by atoms with Crippen molar-refractivity contribution in [1.82, 2.24) is 10.2 Å². The fraction of sp³-hybridized carbons (Fsp3) is 0.500. The Labute approximate surface area is 147 Å². The number of benzene rings is 1. The second-order valence-electron chi connectivity index (χ2n) is 5.18. The van der Waals surface area contributed by atoms with Crippen molar-refractivity contribution >= 4 is 23.5 Å². The van der Waals surface area contributed by atoms with Gasteiger partial charge in [-0.1, -0.05) is 23.7 Å². The van der Waals surface area contributed by atoms with Gasteiger partial charge in [0, 0.05) is 32.3 Å². The number of nitrogens with two attached hydrogens (primary N) is 1. The number of hydrogen-bond acceptors (Lipinski definition) is 4. The molecule has 0 aliphatic rings. The molecule has 1 unspecified atom stereocenters. The van der Waals surface area contributed by atoms with Crippen LogP contribution in [0.3, 0.4) is 0 Å². The molecule has 0 saturated heterocycles. The Balaban J connectivity index is 2.83. The maximum absolute atomic E-state index is 12.6. The van der Waals surface area contributed by atoms with Gasteiger partial charge in [-0.05, 0) is 17.7 Å². The zero-order valence-electron chi connectivity index (χ0n) is 14.0. The van der Waals surface area contributed by atoms with Crippen LogP contribution >= 0.6 is 11.6 Å². The van der Waals surface area contributed by atoms with Gasteiger partial charge in [0.05, 0.1) is 25.7 Å². The number of methoxy groups -OCH3 is 2. The highest BCUT2D eigenvalue weighted by Gasteiger charge is 2.21. The first-order chi connectivity index (χ1) is 11.5. The number of carbonyl (C=O) groups excluding carboxylic acids is 2. The molecule has 0 spiro atoms. The molecule has 0 heterocycles. The van der Waals surface area contributed by atoms with E-state index in [-0.39, 0.29) is 12.3 Å². The third-order valence-electron chi connectivity index (χ3n) is 3.45. The second kappa shape index (κ2) is 10.9. The van der Waals surface area contributed by atoms with Gasteiger partial charge >= 0.3 is 6.03 Å². The SMILES string of the molecule is COCCN(CCOC)C(=O)CC(NC(N)=O)c1ccc(Cl)cc1. The van der Waals surface area contributed by atoms with E-state index < -0.39 is 12.1 Å². The van der Waals surface area contributed by atoms with Gasteiger partial charge in [-0.2, -0.15) is 0 Å². The number of urea groups is 1. The lowest BCUT2D eigenvalue weighted by atomic mass is 10.0. The van der Waals surface area contributed by atoms with Crippen molar-refractivity contribution in [1.29, 1.82) is 0 Å². The van der Waals surface area contributed by atoms with Crippen molar-refractivity contribution in [2.75, 3.05) is 40.5 Å². The molecule has 3 amide bonds. The smallest absolute Gasteiger partial charge is 0.312 e. The first-order valence-corrected chi connectivity index (χ1v) is 7.92. The minimum Gasteiger partial charge on any atom is -0.383 e. The summed E-state index contributed by atoms with van der Waals surface area (Å²) in [4.78, 5) is 25.5. The Morgan fingerprint density at radius 1 is 1.17 bits per heavy atom. The number of carbonyl (C=O) groups is 2. The Kier molecular flexibility index (Phi) is 9.14. The van der Waals surface area contributed by atoms with E-state index in [4.69, 9.17) is 26.8 Å². The summed E-state index contributed by atoms with van der Waals surface area (Å²) < 4.78 is 10.1. The largest absolute Gasteiger partial charge is 0.383 e. The zero-order valence-corrected chi connectivity index (χ0v) is 14.7. The maximum atomic E-state index is 12.6. The van der Waals surface area contributed by atoms with Crippen LogP contribution in [0.2, 0.25) is 5.02 Å². The molecule has 24 heavy (non-hydrogen) atoms. The summed E-state index contributed by atoms with van der Waals surface area (Å²) in [5.74, 6) is -0.127. The number of halogens is 1. The van der Waals surface area contributed by atoms with Crippen LogP contribution in [0.15, 0.2) is 24.3 Å². The van der Waals surface area contributed by atoms with E-state index in [1.54, 1.807) is 43.4 Å². The van der Waals surface area contributed by atoms with E-state index in [0.717, 1.165) is 5.56 Å². The highest BCUT2D eigenvalue weighted by atomic mass is 35.5. The van der Waals surface area contributed by atoms with Gasteiger partial charge in [0.25, 0.3) is 0 Å². The average molecular weight is 358 g/mol. The van der Waals surface area contributed by atoms with Crippen LogP contribution in [0.4, 0.5) is 4.79 Å². The first-order valence-electron chi connectivity index (χ1n) is 7.55. The van der Waals surface area contributed by atoms with Crippen molar-refractivity contribution < 1.29 is 19.1 Å². The van der Waals surface area contributed by atoms with Gasteiger partial charge in [0.2, 0.25) is 5.91 Å². The minimum atomic E-state index is -0.692. The number of nitrogens with one attached hydrogen (secondary N) is 1. The number of hydrogen-bond donors (Lipinski definition) is 2. The molecular formula is C16H24ClN3O4. The van der Waals surface area contributed by atoms with Gasteiger partial charge in [-0.3, -0.25) is 4.79 Å². The molecule has 0 radical (unpaired) electrons. The Bertz CT molecular complexity index is 517. The van der Waals surface area contributed by atoms with Crippen LogP contribution in [0.5, 0.6) is 0 Å². The minimum absolute atomic E-state index is 0.0814. The lowest BCUT2D eigenvalue weighted by Gasteiger charge is -2.25. The number of primary amides is 1. The summed E-state index contributed by atoms with van der Waals surface area (Å²) in [6.07, 6.45) is 0.0814. The van der Waals surface area contributed by atoms with E-state index in [9.17, 15) is 9.59 Å². The number of amides is 3. The predicted molar refractivity (Wildman–Crippen MR) is 91.9 cm³/mol. The van der Waals surface area contributed by atoms with Crippen molar-refractivity contribution in [3.8, 4) is 0 Å². The fourth-order valence-corrected chi connectivity index (χ4v) is 2.31. The highest BCUT2D eigenvalue weighted by Crippen LogP contribution is 2.20. The standard InChI is InChI=1S/C16H24ClN3O4/c1-23-9-7-20(8-10-24-2)15(21)11-14(19-16(18)22)12-3-5-13(17)6-4-12/h3-6,14H,7-11H2,1-2H3,(H3,18,19,22). The Morgan fingerprint density at radius 2 is 1.71 bits per heavy atom. The topological polar surface area (TPSA) is 93.9 Å². The van der Waals surface area contributed by atoms with E-state index in [0.29, 0.717) is 31.3 Å². The summed E-state index contributed by atoms with van der Waals surface area (Å²) in [7, 11) is 3.15. The van der Waals surface area contributed by atoms with Gasteiger partial charge in [-0.15, -0.1) is 0 Å². The summed E-state index contributed by atoms with van der Waals surface area (Å²) >= 11 is 5.88. The van der Waals surface area contributed by atoms with Crippen molar-refractivity contribution in [3.05, 3.63) is 34.9 Å². The van der Waals surface area contributed by atoms with Crippen LogP contribution in [-0.4, -0.2) is 57.4 Å². The normalized spacial score (nSPS) is 11.8. The van der Waals surface area contributed by atoms with Gasteiger partial charge in [0.1, 0.15) is 0 Å². The lowest BCUT2D eigenvalue weighted by molar-refractivity contribution is -0.133. The van der Waals surface area contributed by atoms with Gasteiger partial charge in [0.15, 0.2) is 0 Å². The molecule has 0 bridgehead atoms. The van der Waals surface area contributed by atoms with Crippen LogP contribution in [-0.2, 0) is 14.3 Å². The second-order valence-corrected chi connectivity index (χ2v) is 5.62. The van der Waals surface area contributed by atoms with Crippen LogP contribution in [0.1, 0.15) is 18.0 Å². The van der Waals surface area contributed by atoms with Crippen molar-refractivity contribution in [2.45, 2.75) is 12.5 Å². The van der Waals surface area contributed by atoms with E-state index in [1.165, 1.54) is 0 Å². The molecule has 8 heteroatoms. The van der Waals surface area contributed by atoms with E-state index >= 15 is 0 Å². The van der Waals surface area contributed by atoms with Crippen LogP contribution in [0.25, 0.3) is 0 Å². The summed E-state index contributed by atoms with van der Waals surface area (Å²) in [6, 6.07) is 5.69. The molecular weight excluding hydrogens is 334 g/mol. The molecule has 1 rings (SSSR count). The number of rotatable bonds is 10. The quantitative estimate of drug-likeness (QED) is 0.664. The average Bonchev–Trinajstić information content (AvgIpc) is 2.54. The molecule has 0 fully saturated rings. The van der Waals surface area contributed by atoms with E-state index in [2.05, 4.69) is 5.32 Å². The Hall–Kier alpha value is -1.83. The molecule has 1 atom stereocenters. The molecule has 0 aromatic heterocycles. The zero-order chi connectivity index (χ0) is 17.9. The maximum Gasteiger partial charge on any atom is 0.312 e. The third kappa shape index (κ3) is 7.16. The molecule has 7 nitrogen and oxygen atoms in total. The lowest BCUT2D eigenvalue weighted by Crippen LogP contribution is -2.40. The van der Waals surface area contributed by atoms with E-state index in [1.807, 2.05) is 0 Å². The monoisotopic (exact) mass is 357 g/mol. The summed E-state index contributed by atoms with van der Waals surface area (Å²) in [5, 5.41) is 3.17. The first kappa shape index (κ1) is 20.2. The number of nitrogens with zero attached hydrogens (tertiary/aromatic N) is 1. The predicted octanol–water partition coefficient (Wildman–Crippen LogP) is 1.56. The fourth-order valence-electron chi connectivity index (χ4n) is 2.19. The van der Waals surface area contributed by atoms with Gasteiger partial charge < -0.3 is 25.4 Å². The molecule has 1 aromatic rings. The Morgan fingerprint density at radius 3 is 2.17 bits per heavy atom. The molecule has 0 saturated carbocycles.